The van der Waals surface area contributed by atoms with Crippen molar-refractivity contribution in [1.29, 1.82) is 0 Å². The van der Waals surface area contributed by atoms with Gasteiger partial charge in [0.1, 0.15) is 5.75 Å². The largest absolute Gasteiger partial charge is 0.497 e. The molecule has 0 spiro atoms. The van der Waals surface area contributed by atoms with E-state index in [2.05, 4.69) is 50.9 Å². The number of methoxy groups -OCH3 is 1. The van der Waals surface area contributed by atoms with Crippen LogP contribution in [0.1, 0.15) is 43.1 Å². The summed E-state index contributed by atoms with van der Waals surface area (Å²) >= 11 is 3.55. The summed E-state index contributed by atoms with van der Waals surface area (Å²) in [5.74, 6) is 0.905. The molecule has 0 aliphatic carbocycles. The molecular weight excluding hydrogens is 340 g/mol. The van der Waals surface area contributed by atoms with E-state index in [9.17, 15) is 0 Å². The van der Waals surface area contributed by atoms with E-state index < -0.39 is 0 Å². The molecule has 1 aliphatic heterocycles. The number of rotatable bonds is 4. The molecule has 1 aromatic carbocycles. The molecule has 1 saturated heterocycles. The number of halogens is 1. The maximum absolute atomic E-state index is 5.25. The Morgan fingerprint density at radius 3 is 2.73 bits per heavy atom. The standard InChI is InChI=1S/C18H21BrN2O/c1-13(14-5-7-16(22-2)8-6-14)21-11-3-4-18(21)17-12-15(19)9-10-20-17/h5-10,12-13,18H,3-4,11H2,1-2H3/t13?,18-/m1/s1. The first-order chi connectivity index (χ1) is 10.7. The fourth-order valence-corrected chi connectivity index (χ4v) is 3.60. The van der Waals surface area contributed by atoms with Gasteiger partial charge in [0.05, 0.1) is 18.8 Å². The quantitative estimate of drug-likeness (QED) is 0.786. The van der Waals surface area contributed by atoms with Gasteiger partial charge in [-0.15, -0.1) is 0 Å². The number of benzene rings is 1. The van der Waals surface area contributed by atoms with E-state index in [4.69, 9.17) is 4.74 Å². The van der Waals surface area contributed by atoms with Crippen LogP contribution in [0.2, 0.25) is 0 Å². The summed E-state index contributed by atoms with van der Waals surface area (Å²) in [6.07, 6.45) is 4.28. The topological polar surface area (TPSA) is 25.4 Å². The minimum atomic E-state index is 0.374. The number of hydrogen-bond acceptors (Lipinski definition) is 3. The average molecular weight is 361 g/mol. The second kappa shape index (κ2) is 6.80. The molecule has 2 heterocycles. The van der Waals surface area contributed by atoms with Crippen molar-refractivity contribution >= 4 is 15.9 Å². The minimum absolute atomic E-state index is 0.374. The SMILES string of the molecule is COc1ccc(C(C)N2CCC[C@@H]2c2cc(Br)ccn2)cc1. The van der Waals surface area contributed by atoms with Crippen molar-refractivity contribution in [2.45, 2.75) is 31.8 Å². The molecule has 0 bridgehead atoms. The third-order valence-corrected chi connectivity index (χ3v) is 4.97. The Kier molecular flexibility index (Phi) is 4.79. The van der Waals surface area contributed by atoms with Crippen LogP contribution >= 0.6 is 15.9 Å². The second-order valence-electron chi connectivity index (χ2n) is 5.74. The van der Waals surface area contributed by atoms with Crippen LogP contribution in [-0.4, -0.2) is 23.5 Å². The second-order valence-corrected chi connectivity index (χ2v) is 6.66. The van der Waals surface area contributed by atoms with Crippen LogP contribution in [0.4, 0.5) is 0 Å². The number of aromatic nitrogens is 1. The highest BCUT2D eigenvalue weighted by Crippen LogP contribution is 2.38. The maximum atomic E-state index is 5.25. The van der Waals surface area contributed by atoms with E-state index in [1.54, 1.807) is 7.11 Å². The number of hydrogen-bond donors (Lipinski definition) is 0. The van der Waals surface area contributed by atoms with Gasteiger partial charge in [-0.3, -0.25) is 9.88 Å². The van der Waals surface area contributed by atoms with Crippen molar-refractivity contribution < 1.29 is 4.74 Å². The van der Waals surface area contributed by atoms with Gasteiger partial charge in [-0.2, -0.15) is 0 Å². The molecule has 1 aliphatic rings. The van der Waals surface area contributed by atoms with Gasteiger partial charge in [-0.05, 0) is 56.1 Å². The van der Waals surface area contributed by atoms with Gasteiger partial charge >= 0.3 is 0 Å². The lowest BCUT2D eigenvalue weighted by molar-refractivity contribution is 0.191. The zero-order valence-electron chi connectivity index (χ0n) is 13.0. The average Bonchev–Trinajstić information content (AvgIpc) is 3.04. The van der Waals surface area contributed by atoms with Crippen molar-refractivity contribution in [3.8, 4) is 5.75 Å². The van der Waals surface area contributed by atoms with E-state index in [-0.39, 0.29) is 0 Å². The minimum Gasteiger partial charge on any atom is -0.497 e. The molecule has 0 radical (unpaired) electrons. The van der Waals surface area contributed by atoms with E-state index in [0.29, 0.717) is 12.1 Å². The Morgan fingerprint density at radius 2 is 2.05 bits per heavy atom. The van der Waals surface area contributed by atoms with E-state index in [1.807, 2.05) is 24.4 Å². The smallest absolute Gasteiger partial charge is 0.118 e. The highest BCUT2D eigenvalue weighted by Gasteiger charge is 2.31. The summed E-state index contributed by atoms with van der Waals surface area (Å²) in [6, 6.07) is 13.3. The molecule has 1 fully saturated rings. The highest BCUT2D eigenvalue weighted by atomic mass is 79.9. The predicted molar refractivity (Wildman–Crippen MR) is 92.0 cm³/mol. The molecule has 0 amide bonds. The Bertz CT molecular complexity index is 629. The van der Waals surface area contributed by atoms with Crippen LogP contribution in [0.3, 0.4) is 0 Å². The molecule has 0 saturated carbocycles. The molecule has 2 atom stereocenters. The molecule has 22 heavy (non-hydrogen) atoms. The number of ether oxygens (including phenoxy) is 1. The molecule has 4 heteroatoms. The summed E-state index contributed by atoms with van der Waals surface area (Å²) in [5.41, 5.74) is 2.48. The van der Waals surface area contributed by atoms with E-state index >= 15 is 0 Å². The van der Waals surface area contributed by atoms with Crippen molar-refractivity contribution in [3.05, 3.63) is 58.3 Å². The van der Waals surface area contributed by atoms with Crippen LogP contribution in [0.5, 0.6) is 5.75 Å². The van der Waals surface area contributed by atoms with Crippen LogP contribution in [0.25, 0.3) is 0 Å². The van der Waals surface area contributed by atoms with Gasteiger partial charge in [0.15, 0.2) is 0 Å². The molecule has 3 rings (SSSR count). The van der Waals surface area contributed by atoms with Gasteiger partial charge in [0.25, 0.3) is 0 Å². The molecule has 3 nitrogen and oxygen atoms in total. The zero-order valence-corrected chi connectivity index (χ0v) is 14.6. The van der Waals surface area contributed by atoms with Gasteiger partial charge < -0.3 is 4.74 Å². The Morgan fingerprint density at radius 1 is 1.27 bits per heavy atom. The number of nitrogens with zero attached hydrogens (tertiary/aromatic N) is 2. The zero-order chi connectivity index (χ0) is 15.5. The van der Waals surface area contributed by atoms with Crippen LogP contribution < -0.4 is 4.74 Å². The molecule has 1 aromatic heterocycles. The molecule has 1 unspecified atom stereocenters. The number of pyridine rings is 1. The first kappa shape index (κ1) is 15.5. The predicted octanol–water partition coefficient (Wildman–Crippen LogP) is 4.75. The van der Waals surface area contributed by atoms with Gasteiger partial charge in [-0.25, -0.2) is 0 Å². The van der Waals surface area contributed by atoms with Crippen molar-refractivity contribution in [2.75, 3.05) is 13.7 Å². The fourth-order valence-electron chi connectivity index (χ4n) is 3.25. The fraction of sp³-hybridized carbons (Fsp3) is 0.389. The van der Waals surface area contributed by atoms with Gasteiger partial charge in [0.2, 0.25) is 0 Å². The molecule has 116 valence electrons. The van der Waals surface area contributed by atoms with Crippen LogP contribution in [0.15, 0.2) is 47.1 Å². The lowest BCUT2D eigenvalue weighted by Crippen LogP contribution is -2.27. The summed E-state index contributed by atoms with van der Waals surface area (Å²) < 4.78 is 6.35. The number of likely N-dealkylation sites (tertiary alicyclic amines) is 1. The van der Waals surface area contributed by atoms with E-state index in [1.165, 1.54) is 18.4 Å². The lowest BCUT2D eigenvalue weighted by atomic mass is 10.0. The lowest BCUT2D eigenvalue weighted by Gasteiger charge is -2.30. The summed E-state index contributed by atoms with van der Waals surface area (Å²) in [6.45, 7) is 3.39. The Hall–Kier alpha value is -1.39. The first-order valence-electron chi connectivity index (χ1n) is 7.70. The van der Waals surface area contributed by atoms with Crippen LogP contribution in [-0.2, 0) is 0 Å². The third kappa shape index (κ3) is 3.18. The van der Waals surface area contributed by atoms with Gasteiger partial charge in [-0.1, -0.05) is 28.1 Å². The Labute approximate surface area is 140 Å². The normalized spacial score (nSPS) is 20.0. The summed E-state index contributed by atoms with van der Waals surface area (Å²) in [7, 11) is 1.70. The summed E-state index contributed by atoms with van der Waals surface area (Å²) in [4.78, 5) is 7.14. The van der Waals surface area contributed by atoms with E-state index in [0.717, 1.165) is 22.5 Å². The van der Waals surface area contributed by atoms with Crippen LogP contribution in [0, 0.1) is 0 Å². The molecule has 2 aromatic rings. The molecular formula is C18H21BrN2O. The highest BCUT2D eigenvalue weighted by molar-refractivity contribution is 9.10. The first-order valence-corrected chi connectivity index (χ1v) is 8.49. The maximum Gasteiger partial charge on any atom is 0.118 e. The van der Waals surface area contributed by atoms with Crippen molar-refractivity contribution in [1.82, 2.24) is 9.88 Å². The molecule has 0 N–H and O–H groups in total. The van der Waals surface area contributed by atoms with Gasteiger partial charge in [0, 0.05) is 16.7 Å². The third-order valence-electron chi connectivity index (χ3n) is 4.47. The Balaban J connectivity index is 1.82. The van der Waals surface area contributed by atoms with Crippen molar-refractivity contribution in [2.24, 2.45) is 0 Å². The monoisotopic (exact) mass is 360 g/mol. The summed E-state index contributed by atoms with van der Waals surface area (Å²) in [5, 5.41) is 0. The van der Waals surface area contributed by atoms with Crippen molar-refractivity contribution in [3.63, 3.8) is 0 Å².